The van der Waals surface area contributed by atoms with E-state index in [2.05, 4.69) is 4.98 Å². The van der Waals surface area contributed by atoms with Crippen LogP contribution in [0.5, 0.6) is 0 Å². The van der Waals surface area contributed by atoms with Crippen molar-refractivity contribution in [1.29, 1.82) is 0 Å². The van der Waals surface area contributed by atoms with Crippen LogP contribution in [0.2, 0.25) is 5.15 Å². The topological polar surface area (TPSA) is 50.3 Å². The SMILES string of the molecule is O=C1c2ccccc2C(=O)N1Cc1cc(C(F)(F)F)cc(Cl)n1. The number of pyridine rings is 1. The predicted molar refractivity (Wildman–Crippen MR) is 74.9 cm³/mol. The number of carbonyl (C=O) groups excluding carboxylic acids is 2. The van der Waals surface area contributed by atoms with Crippen LogP contribution >= 0.6 is 11.6 Å². The number of rotatable bonds is 2. The lowest BCUT2D eigenvalue weighted by molar-refractivity contribution is -0.137. The Kier molecular flexibility index (Phi) is 3.60. The van der Waals surface area contributed by atoms with Crippen molar-refractivity contribution in [2.24, 2.45) is 0 Å². The molecule has 0 bridgehead atoms. The highest BCUT2D eigenvalue weighted by Crippen LogP contribution is 2.32. The average molecular weight is 341 g/mol. The third-order valence-electron chi connectivity index (χ3n) is 3.37. The van der Waals surface area contributed by atoms with Crippen LogP contribution in [0.3, 0.4) is 0 Å². The number of fused-ring (bicyclic) bond motifs is 1. The largest absolute Gasteiger partial charge is 0.416 e. The Labute approximate surface area is 133 Å². The van der Waals surface area contributed by atoms with Crippen LogP contribution in [-0.4, -0.2) is 21.7 Å². The normalized spacial score (nSPS) is 14.3. The summed E-state index contributed by atoms with van der Waals surface area (Å²) in [5, 5.41) is -0.355. The number of hydrogen-bond acceptors (Lipinski definition) is 3. The smallest absolute Gasteiger partial charge is 0.269 e. The van der Waals surface area contributed by atoms with Crippen molar-refractivity contribution in [3.8, 4) is 0 Å². The molecule has 1 aromatic heterocycles. The zero-order valence-electron chi connectivity index (χ0n) is 11.4. The van der Waals surface area contributed by atoms with Crippen LogP contribution in [0.15, 0.2) is 36.4 Å². The van der Waals surface area contributed by atoms with Gasteiger partial charge in [-0.15, -0.1) is 0 Å². The van der Waals surface area contributed by atoms with Gasteiger partial charge in [-0.2, -0.15) is 13.2 Å². The van der Waals surface area contributed by atoms with E-state index in [4.69, 9.17) is 11.6 Å². The van der Waals surface area contributed by atoms with Gasteiger partial charge < -0.3 is 0 Å². The minimum Gasteiger partial charge on any atom is -0.269 e. The maximum Gasteiger partial charge on any atom is 0.416 e. The van der Waals surface area contributed by atoms with Crippen molar-refractivity contribution >= 4 is 23.4 Å². The van der Waals surface area contributed by atoms with Crippen molar-refractivity contribution in [1.82, 2.24) is 9.88 Å². The summed E-state index contributed by atoms with van der Waals surface area (Å²) in [6, 6.07) is 7.65. The summed E-state index contributed by atoms with van der Waals surface area (Å²) in [6.07, 6.45) is -4.59. The van der Waals surface area contributed by atoms with Crippen LogP contribution in [0.25, 0.3) is 0 Å². The van der Waals surface area contributed by atoms with Gasteiger partial charge in [0.25, 0.3) is 11.8 Å². The molecule has 3 rings (SSSR count). The van der Waals surface area contributed by atoms with E-state index in [9.17, 15) is 22.8 Å². The summed E-state index contributed by atoms with van der Waals surface area (Å²) in [7, 11) is 0. The number of nitrogens with zero attached hydrogens (tertiary/aromatic N) is 2. The number of aromatic nitrogens is 1. The first-order valence-corrected chi connectivity index (χ1v) is 6.84. The maximum absolute atomic E-state index is 12.8. The van der Waals surface area contributed by atoms with Crippen LogP contribution < -0.4 is 0 Å². The van der Waals surface area contributed by atoms with E-state index >= 15 is 0 Å². The van der Waals surface area contributed by atoms with E-state index in [-0.39, 0.29) is 28.5 Å². The number of imide groups is 1. The fourth-order valence-electron chi connectivity index (χ4n) is 2.34. The van der Waals surface area contributed by atoms with Gasteiger partial charge >= 0.3 is 6.18 Å². The van der Waals surface area contributed by atoms with E-state index in [0.29, 0.717) is 6.07 Å². The molecule has 1 aliphatic rings. The van der Waals surface area contributed by atoms with E-state index < -0.39 is 23.6 Å². The molecule has 0 saturated heterocycles. The third-order valence-corrected chi connectivity index (χ3v) is 3.57. The Hall–Kier alpha value is -2.41. The molecule has 0 aliphatic carbocycles. The molecule has 2 amide bonds. The highest BCUT2D eigenvalue weighted by atomic mass is 35.5. The molecule has 8 heteroatoms. The lowest BCUT2D eigenvalue weighted by Crippen LogP contribution is -2.29. The quantitative estimate of drug-likeness (QED) is 0.620. The van der Waals surface area contributed by atoms with Gasteiger partial charge in [-0.25, -0.2) is 4.98 Å². The minimum atomic E-state index is -4.59. The van der Waals surface area contributed by atoms with E-state index in [0.717, 1.165) is 11.0 Å². The molecule has 0 unspecified atom stereocenters. The lowest BCUT2D eigenvalue weighted by atomic mass is 10.1. The zero-order chi connectivity index (χ0) is 16.8. The summed E-state index contributed by atoms with van der Waals surface area (Å²) in [6.45, 7) is -0.379. The van der Waals surface area contributed by atoms with Crippen LogP contribution in [-0.2, 0) is 12.7 Å². The molecule has 118 valence electrons. The average Bonchev–Trinajstić information content (AvgIpc) is 2.72. The monoisotopic (exact) mass is 340 g/mol. The molecule has 0 saturated carbocycles. The summed E-state index contributed by atoms with van der Waals surface area (Å²) in [5.74, 6) is -1.14. The highest BCUT2D eigenvalue weighted by Gasteiger charge is 2.36. The van der Waals surface area contributed by atoms with E-state index in [1.807, 2.05) is 0 Å². The molecule has 4 nitrogen and oxygen atoms in total. The zero-order valence-corrected chi connectivity index (χ0v) is 12.1. The summed E-state index contributed by atoms with van der Waals surface area (Å²) < 4.78 is 38.4. The van der Waals surface area contributed by atoms with Crippen LogP contribution in [0, 0.1) is 0 Å². The number of alkyl halides is 3. The highest BCUT2D eigenvalue weighted by molar-refractivity contribution is 6.29. The standard InChI is InChI=1S/C15H8ClF3N2O2/c16-12-6-8(15(17,18)19)5-9(20-12)7-21-13(22)10-3-1-2-4-11(10)14(21)23/h1-6H,7H2. The predicted octanol–water partition coefficient (Wildman–Crippen LogP) is 3.55. The van der Waals surface area contributed by atoms with Gasteiger partial charge in [-0.1, -0.05) is 23.7 Å². The first-order valence-electron chi connectivity index (χ1n) is 6.46. The van der Waals surface area contributed by atoms with Crippen LogP contribution in [0.1, 0.15) is 32.0 Å². The number of amides is 2. The van der Waals surface area contributed by atoms with Gasteiger partial charge in [-0.3, -0.25) is 14.5 Å². The number of benzene rings is 1. The van der Waals surface area contributed by atoms with Crippen molar-refractivity contribution in [3.05, 3.63) is 63.9 Å². The first-order chi connectivity index (χ1) is 10.8. The summed E-state index contributed by atoms with van der Waals surface area (Å²) >= 11 is 5.60. The van der Waals surface area contributed by atoms with Gasteiger partial charge in [0, 0.05) is 0 Å². The molecule has 0 spiro atoms. The number of halogens is 4. The van der Waals surface area contributed by atoms with Gasteiger partial charge in [0.2, 0.25) is 0 Å². The van der Waals surface area contributed by atoms with Gasteiger partial charge in [0.1, 0.15) is 5.15 Å². The molecule has 0 radical (unpaired) electrons. The molecule has 1 aliphatic heterocycles. The molecular weight excluding hydrogens is 333 g/mol. The lowest BCUT2D eigenvalue weighted by Gasteiger charge is -2.15. The molecule has 1 aromatic carbocycles. The number of hydrogen-bond donors (Lipinski definition) is 0. The second kappa shape index (κ2) is 5.34. The molecule has 2 heterocycles. The van der Waals surface area contributed by atoms with Crippen molar-refractivity contribution in [2.45, 2.75) is 12.7 Å². The Morgan fingerprint density at radius 3 is 2.13 bits per heavy atom. The van der Waals surface area contributed by atoms with Crippen molar-refractivity contribution < 1.29 is 22.8 Å². The minimum absolute atomic E-state index is 0.112. The van der Waals surface area contributed by atoms with Gasteiger partial charge in [0.05, 0.1) is 28.9 Å². The molecule has 0 fully saturated rings. The Morgan fingerprint density at radius 2 is 1.61 bits per heavy atom. The fourth-order valence-corrected chi connectivity index (χ4v) is 2.57. The molecule has 23 heavy (non-hydrogen) atoms. The Bertz CT molecular complexity index is 786. The van der Waals surface area contributed by atoms with Gasteiger partial charge in [0.15, 0.2) is 0 Å². The maximum atomic E-state index is 12.8. The van der Waals surface area contributed by atoms with Gasteiger partial charge in [-0.05, 0) is 24.3 Å². The molecule has 0 atom stereocenters. The summed E-state index contributed by atoms with van der Waals surface area (Å²) in [4.78, 5) is 29.0. The number of carbonyl (C=O) groups is 2. The third kappa shape index (κ3) is 2.79. The van der Waals surface area contributed by atoms with E-state index in [1.165, 1.54) is 12.1 Å². The Morgan fingerprint density at radius 1 is 1.04 bits per heavy atom. The second-order valence-electron chi connectivity index (χ2n) is 4.91. The van der Waals surface area contributed by atoms with Crippen molar-refractivity contribution in [3.63, 3.8) is 0 Å². The summed E-state index contributed by atoms with van der Waals surface area (Å²) in [5.41, 5.74) is -0.658. The Balaban J connectivity index is 1.94. The first kappa shape index (κ1) is 15.5. The van der Waals surface area contributed by atoms with E-state index in [1.54, 1.807) is 12.1 Å². The second-order valence-corrected chi connectivity index (χ2v) is 5.30. The molecule has 2 aromatic rings. The molecule has 0 N–H and O–H groups in total. The van der Waals surface area contributed by atoms with Crippen LogP contribution in [0.4, 0.5) is 13.2 Å². The van der Waals surface area contributed by atoms with Crippen molar-refractivity contribution in [2.75, 3.05) is 0 Å². The fraction of sp³-hybridized carbons (Fsp3) is 0.133. The molecular formula is C15H8ClF3N2O2.